The molecule has 0 spiro atoms. The monoisotopic (exact) mass is 534 g/mol. The predicted molar refractivity (Wildman–Crippen MR) is 140 cm³/mol. The standard InChI is InChI=1S/C24H22N8O5S/c1-11-9-15(29-32(11)12-5-6-26-16(10-12)36-2)31-7-8-37-19(24(31)35)18(33)22-27-14-4-3-13-20(38-30-21(13)25)17(14)23(34)28-22/h3-6,9-10,18-19,33H,7-8H2,1-2H3,(H2,25,30)(H,27,28,34)/t18-,19-/m1/s1. The normalized spacial score (nSPS) is 16.9. The van der Waals surface area contributed by atoms with Gasteiger partial charge in [-0.1, -0.05) is 0 Å². The molecule has 0 saturated carbocycles. The van der Waals surface area contributed by atoms with Crippen molar-refractivity contribution in [1.82, 2.24) is 29.1 Å². The SMILES string of the molecule is COc1cc(-n2nc(N3CCO[C@H]([C@@H](O)c4nc(=O)c5c(ccc6c(N)nsc65)[nH]4)C3=O)cc2C)ccn1. The average molecular weight is 535 g/mol. The molecule has 38 heavy (non-hydrogen) atoms. The first kappa shape index (κ1) is 24.0. The average Bonchev–Trinajstić information content (AvgIpc) is 3.50. The van der Waals surface area contributed by atoms with Crippen LogP contribution >= 0.6 is 11.5 Å². The molecule has 194 valence electrons. The largest absolute Gasteiger partial charge is 0.481 e. The number of aliphatic hydroxyl groups excluding tert-OH is 1. The minimum Gasteiger partial charge on any atom is -0.481 e. The Balaban J connectivity index is 1.31. The first-order valence-corrected chi connectivity index (χ1v) is 12.4. The number of hydrogen-bond acceptors (Lipinski definition) is 11. The number of aryl methyl sites for hydroxylation is 1. The molecule has 6 rings (SSSR count). The van der Waals surface area contributed by atoms with Gasteiger partial charge in [0.15, 0.2) is 11.9 Å². The highest BCUT2D eigenvalue weighted by Crippen LogP contribution is 2.31. The number of nitrogens with one attached hydrogen (secondary N) is 1. The van der Waals surface area contributed by atoms with E-state index in [-0.39, 0.29) is 19.0 Å². The molecule has 0 unspecified atom stereocenters. The molecule has 1 fully saturated rings. The number of hydrogen-bond donors (Lipinski definition) is 3. The molecular formula is C24H22N8O5S. The van der Waals surface area contributed by atoms with Crippen LogP contribution in [0, 0.1) is 6.92 Å². The van der Waals surface area contributed by atoms with Crippen molar-refractivity contribution in [2.24, 2.45) is 0 Å². The molecule has 5 heterocycles. The van der Waals surface area contributed by atoms with Gasteiger partial charge in [0.2, 0.25) is 5.88 Å². The van der Waals surface area contributed by atoms with E-state index < -0.39 is 23.7 Å². The van der Waals surface area contributed by atoms with Gasteiger partial charge in [-0.05, 0) is 36.7 Å². The number of aromatic nitrogens is 6. The number of morpholine rings is 1. The van der Waals surface area contributed by atoms with E-state index in [0.717, 1.165) is 17.2 Å². The number of amides is 1. The molecule has 4 N–H and O–H groups in total. The summed E-state index contributed by atoms with van der Waals surface area (Å²) in [6, 6.07) is 8.68. The van der Waals surface area contributed by atoms with Gasteiger partial charge < -0.3 is 25.3 Å². The number of carbonyl (C=O) groups is 1. The van der Waals surface area contributed by atoms with Crippen molar-refractivity contribution in [3.63, 3.8) is 0 Å². The summed E-state index contributed by atoms with van der Waals surface area (Å²) in [5.74, 6) is 0.576. The van der Waals surface area contributed by atoms with Crippen LogP contribution in [0.1, 0.15) is 17.6 Å². The van der Waals surface area contributed by atoms with Crippen molar-refractivity contribution in [3.8, 4) is 11.6 Å². The Labute approximate surface area is 218 Å². The summed E-state index contributed by atoms with van der Waals surface area (Å²) in [6.45, 7) is 2.25. The van der Waals surface area contributed by atoms with E-state index in [1.165, 1.54) is 12.0 Å². The van der Waals surface area contributed by atoms with Gasteiger partial charge in [0.05, 0.1) is 41.6 Å². The topological polar surface area (TPSA) is 174 Å². The smallest absolute Gasteiger partial charge is 0.282 e. The van der Waals surface area contributed by atoms with Crippen LogP contribution in [-0.2, 0) is 9.53 Å². The third-order valence-corrected chi connectivity index (χ3v) is 7.27. The van der Waals surface area contributed by atoms with Gasteiger partial charge in [0, 0.05) is 29.4 Å². The molecule has 14 heteroatoms. The zero-order valence-electron chi connectivity index (χ0n) is 20.3. The van der Waals surface area contributed by atoms with E-state index in [0.29, 0.717) is 44.2 Å². The molecule has 2 atom stereocenters. The van der Waals surface area contributed by atoms with Crippen LogP contribution in [0.2, 0.25) is 0 Å². The van der Waals surface area contributed by atoms with E-state index in [2.05, 4.69) is 24.4 Å². The molecule has 4 aromatic heterocycles. The maximum Gasteiger partial charge on any atom is 0.282 e. The minimum atomic E-state index is -1.52. The van der Waals surface area contributed by atoms with Gasteiger partial charge in [-0.25, -0.2) is 9.67 Å². The Kier molecular flexibility index (Phi) is 5.78. The van der Waals surface area contributed by atoms with E-state index in [1.54, 1.807) is 41.2 Å². The van der Waals surface area contributed by atoms with Crippen molar-refractivity contribution < 1.29 is 19.4 Å². The van der Waals surface area contributed by atoms with Crippen molar-refractivity contribution >= 4 is 50.1 Å². The zero-order chi connectivity index (χ0) is 26.6. The van der Waals surface area contributed by atoms with Crippen molar-refractivity contribution in [2.45, 2.75) is 19.1 Å². The van der Waals surface area contributed by atoms with Gasteiger partial charge in [0.1, 0.15) is 17.7 Å². The van der Waals surface area contributed by atoms with Gasteiger partial charge in [0.25, 0.3) is 11.5 Å². The third-order valence-electron chi connectivity index (χ3n) is 6.38. The summed E-state index contributed by atoms with van der Waals surface area (Å²) in [4.78, 5) is 38.9. The summed E-state index contributed by atoms with van der Waals surface area (Å²) in [6.07, 6.45) is -1.20. The number of nitrogens with two attached hydrogens (primary N) is 1. The lowest BCUT2D eigenvalue weighted by atomic mass is 10.1. The van der Waals surface area contributed by atoms with E-state index >= 15 is 0 Å². The molecule has 0 bridgehead atoms. The number of rotatable bonds is 5. The van der Waals surface area contributed by atoms with Crippen LogP contribution in [0.25, 0.3) is 26.7 Å². The molecule has 13 nitrogen and oxygen atoms in total. The van der Waals surface area contributed by atoms with Crippen LogP contribution in [0.5, 0.6) is 5.88 Å². The molecule has 1 aromatic carbocycles. The zero-order valence-corrected chi connectivity index (χ0v) is 21.1. The second kappa shape index (κ2) is 9.16. The van der Waals surface area contributed by atoms with Crippen LogP contribution < -0.4 is 20.9 Å². The van der Waals surface area contributed by atoms with E-state index in [1.807, 2.05) is 6.92 Å². The van der Waals surface area contributed by atoms with Crippen LogP contribution in [0.4, 0.5) is 11.6 Å². The maximum absolute atomic E-state index is 13.4. The minimum absolute atomic E-state index is 0.0786. The molecule has 1 amide bonds. The molecule has 5 aromatic rings. The van der Waals surface area contributed by atoms with Crippen molar-refractivity contribution in [3.05, 3.63) is 58.4 Å². The first-order chi connectivity index (χ1) is 18.4. The molecule has 0 radical (unpaired) electrons. The number of anilines is 2. The third kappa shape index (κ3) is 3.86. The van der Waals surface area contributed by atoms with Crippen molar-refractivity contribution in [1.29, 1.82) is 0 Å². The maximum atomic E-state index is 13.4. The van der Waals surface area contributed by atoms with Crippen LogP contribution in [0.3, 0.4) is 0 Å². The number of fused-ring (bicyclic) bond motifs is 3. The molecule has 1 saturated heterocycles. The number of pyridine rings is 1. The second-order valence-electron chi connectivity index (χ2n) is 8.70. The highest BCUT2D eigenvalue weighted by molar-refractivity contribution is 7.14. The summed E-state index contributed by atoms with van der Waals surface area (Å²) in [5, 5.41) is 16.7. The Morgan fingerprint density at radius 1 is 1.29 bits per heavy atom. The van der Waals surface area contributed by atoms with Crippen LogP contribution in [-0.4, -0.2) is 66.5 Å². The van der Waals surface area contributed by atoms with Gasteiger partial charge >= 0.3 is 0 Å². The summed E-state index contributed by atoms with van der Waals surface area (Å²) in [5.41, 5.74) is 7.25. The Hall–Kier alpha value is -4.40. The molecule has 1 aliphatic heterocycles. The predicted octanol–water partition coefficient (Wildman–Crippen LogP) is 1.48. The Morgan fingerprint density at radius 2 is 2.13 bits per heavy atom. The Morgan fingerprint density at radius 3 is 2.95 bits per heavy atom. The fraction of sp³-hybridized carbons (Fsp3) is 0.250. The fourth-order valence-corrected chi connectivity index (χ4v) is 5.36. The van der Waals surface area contributed by atoms with E-state index in [4.69, 9.17) is 15.2 Å². The lowest BCUT2D eigenvalue weighted by molar-refractivity contribution is -0.143. The second-order valence-corrected chi connectivity index (χ2v) is 9.47. The van der Waals surface area contributed by atoms with Crippen molar-refractivity contribution in [2.75, 3.05) is 30.9 Å². The lowest BCUT2D eigenvalue weighted by Crippen LogP contribution is -2.50. The highest BCUT2D eigenvalue weighted by atomic mass is 32.1. The van der Waals surface area contributed by atoms with Crippen LogP contribution in [0.15, 0.2) is 41.3 Å². The number of benzene rings is 1. The van der Waals surface area contributed by atoms with E-state index in [9.17, 15) is 14.7 Å². The first-order valence-electron chi connectivity index (χ1n) is 11.6. The molecule has 1 aliphatic rings. The Bertz CT molecular complexity index is 1760. The number of carbonyl (C=O) groups excluding carboxylic acids is 1. The number of aromatic amines is 1. The fourth-order valence-electron chi connectivity index (χ4n) is 4.51. The molecule has 0 aliphatic carbocycles. The van der Waals surface area contributed by atoms with Gasteiger partial charge in [-0.3, -0.25) is 14.5 Å². The number of nitrogens with zero attached hydrogens (tertiary/aromatic N) is 6. The number of ether oxygens (including phenoxy) is 2. The number of nitrogen functional groups attached to an aromatic ring is 1. The lowest BCUT2D eigenvalue weighted by Gasteiger charge is -2.32. The number of aliphatic hydroxyl groups is 1. The summed E-state index contributed by atoms with van der Waals surface area (Å²) < 4.78 is 17.2. The van der Waals surface area contributed by atoms with Gasteiger partial charge in [-0.2, -0.15) is 9.36 Å². The highest BCUT2D eigenvalue weighted by Gasteiger charge is 2.39. The quantitative estimate of drug-likeness (QED) is 0.299. The number of methoxy groups -OCH3 is 1. The van der Waals surface area contributed by atoms with Gasteiger partial charge in [-0.15, -0.1) is 5.10 Å². The number of H-pyrrole nitrogens is 1. The molecular weight excluding hydrogens is 512 g/mol. The summed E-state index contributed by atoms with van der Waals surface area (Å²) in [7, 11) is 1.53. The summed E-state index contributed by atoms with van der Waals surface area (Å²) >= 11 is 1.10.